The zero-order valence-corrected chi connectivity index (χ0v) is 22.3. The van der Waals surface area contributed by atoms with Crippen molar-refractivity contribution in [2.45, 2.75) is 58.7 Å². The molecular weight excluding hydrogens is 468 g/mol. The Morgan fingerprint density at radius 2 is 1.95 bits per heavy atom. The highest BCUT2D eigenvalue weighted by Crippen LogP contribution is 2.36. The van der Waals surface area contributed by atoms with Crippen molar-refractivity contribution in [2.24, 2.45) is 5.92 Å². The Bertz CT molecular complexity index is 1330. The third kappa shape index (κ3) is 5.05. The molecule has 2 N–H and O–H groups in total. The summed E-state index contributed by atoms with van der Waals surface area (Å²) < 4.78 is 13.4. The Kier molecular flexibility index (Phi) is 7.40. The number of nitrogens with one attached hydrogen (secondary N) is 2. The number of benzene rings is 1. The van der Waals surface area contributed by atoms with Gasteiger partial charge in [0.05, 0.1) is 30.9 Å². The normalized spacial score (nSPS) is 19.5. The van der Waals surface area contributed by atoms with Crippen LogP contribution < -0.4 is 15.6 Å². The fraction of sp³-hybridized carbons (Fsp3) is 0.517. The minimum atomic E-state index is -0.250. The van der Waals surface area contributed by atoms with E-state index in [4.69, 9.17) is 9.47 Å². The highest BCUT2D eigenvalue weighted by Gasteiger charge is 2.30. The van der Waals surface area contributed by atoms with E-state index in [0.717, 1.165) is 55.7 Å². The van der Waals surface area contributed by atoms with Crippen LogP contribution >= 0.6 is 0 Å². The predicted molar refractivity (Wildman–Crippen MR) is 144 cm³/mol. The molecule has 2 aromatic heterocycles. The third-order valence-electron chi connectivity index (χ3n) is 8.24. The van der Waals surface area contributed by atoms with Crippen LogP contribution in [-0.2, 0) is 11.3 Å². The molecule has 1 amide bonds. The molecule has 4 heterocycles. The minimum Gasteiger partial charge on any atom is -0.496 e. The number of carbonyl (C=O) groups excluding carboxylic acids is 1. The lowest BCUT2D eigenvalue weighted by molar-refractivity contribution is -0.0706. The Balaban J connectivity index is 1.36. The zero-order chi connectivity index (χ0) is 26.1. The van der Waals surface area contributed by atoms with Crippen LogP contribution in [0.1, 0.15) is 59.5 Å². The van der Waals surface area contributed by atoms with Crippen molar-refractivity contribution >= 4 is 16.8 Å². The van der Waals surface area contributed by atoms with Gasteiger partial charge in [-0.3, -0.25) is 9.59 Å². The van der Waals surface area contributed by atoms with Crippen molar-refractivity contribution in [2.75, 3.05) is 33.4 Å². The summed E-state index contributed by atoms with van der Waals surface area (Å²) >= 11 is 0. The average molecular weight is 507 g/mol. The largest absolute Gasteiger partial charge is 0.496 e. The number of carbonyl (C=O) groups is 1. The number of rotatable bonds is 8. The number of aromatic nitrogens is 2. The van der Waals surface area contributed by atoms with Gasteiger partial charge in [-0.2, -0.15) is 0 Å². The Morgan fingerprint density at radius 3 is 2.62 bits per heavy atom. The molecule has 2 aliphatic rings. The fourth-order valence-corrected chi connectivity index (χ4v) is 6.04. The number of fused-ring (bicyclic) bond motifs is 1. The lowest BCUT2D eigenvalue weighted by Crippen LogP contribution is -2.44. The molecule has 2 fully saturated rings. The summed E-state index contributed by atoms with van der Waals surface area (Å²) in [5.41, 5.74) is 3.59. The first-order chi connectivity index (χ1) is 17.9. The maximum absolute atomic E-state index is 13.5. The summed E-state index contributed by atoms with van der Waals surface area (Å²) in [6.45, 7) is 10.4. The molecule has 198 valence electrons. The van der Waals surface area contributed by atoms with Crippen LogP contribution in [0.2, 0.25) is 0 Å². The van der Waals surface area contributed by atoms with Gasteiger partial charge in [-0.15, -0.1) is 0 Å². The number of amides is 1. The quantitative estimate of drug-likeness (QED) is 0.483. The van der Waals surface area contributed by atoms with E-state index in [1.807, 2.05) is 25.1 Å². The topological polar surface area (TPSA) is 88.6 Å². The Hall–Kier alpha value is -3.10. The first kappa shape index (κ1) is 25.5. The van der Waals surface area contributed by atoms with E-state index in [1.165, 1.54) is 13.5 Å². The van der Waals surface area contributed by atoms with Crippen molar-refractivity contribution in [1.82, 2.24) is 19.8 Å². The number of hydrogen-bond acceptors (Lipinski definition) is 5. The highest BCUT2D eigenvalue weighted by molar-refractivity contribution is 6.08. The van der Waals surface area contributed by atoms with Crippen LogP contribution in [0.4, 0.5) is 0 Å². The van der Waals surface area contributed by atoms with Crippen LogP contribution in [0.25, 0.3) is 10.9 Å². The summed E-state index contributed by atoms with van der Waals surface area (Å²) in [4.78, 5) is 31.4. The number of piperidine rings is 1. The van der Waals surface area contributed by atoms with Crippen molar-refractivity contribution < 1.29 is 14.3 Å². The van der Waals surface area contributed by atoms with E-state index in [9.17, 15) is 9.59 Å². The van der Waals surface area contributed by atoms with Gasteiger partial charge in [0.1, 0.15) is 5.75 Å². The van der Waals surface area contributed by atoms with E-state index in [-0.39, 0.29) is 24.1 Å². The molecule has 5 rings (SSSR count). The number of pyridine rings is 1. The summed E-state index contributed by atoms with van der Waals surface area (Å²) in [6, 6.07) is 10.2. The second-order valence-corrected chi connectivity index (χ2v) is 10.5. The van der Waals surface area contributed by atoms with Gasteiger partial charge in [0.15, 0.2) is 0 Å². The third-order valence-corrected chi connectivity index (χ3v) is 8.24. The number of methoxy groups -OCH3 is 1. The van der Waals surface area contributed by atoms with Crippen molar-refractivity contribution in [1.29, 1.82) is 0 Å². The second kappa shape index (κ2) is 10.7. The molecule has 0 bridgehead atoms. The predicted octanol–water partition coefficient (Wildman–Crippen LogP) is 3.95. The fourth-order valence-electron chi connectivity index (χ4n) is 6.04. The zero-order valence-electron chi connectivity index (χ0n) is 22.3. The first-order valence-electron chi connectivity index (χ1n) is 13.4. The highest BCUT2D eigenvalue weighted by atomic mass is 16.5. The van der Waals surface area contributed by atoms with Crippen molar-refractivity contribution in [3.05, 3.63) is 63.2 Å². The van der Waals surface area contributed by atoms with Crippen LogP contribution in [0.5, 0.6) is 5.75 Å². The number of aryl methyl sites for hydroxylation is 1. The van der Waals surface area contributed by atoms with E-state index in [0.29, 0.717) is 34.6 Å². The van der Waals surface area contributed by atoms with Crippen LogP contribution in [-0.4, -0.2) is 59.8 Å². The molecule has 3 aromatic rings. The van der Waals surface area contributed by atoms with Crippen LogP contribution in [0, 0.1) is 19.8 Å². The molecule has 2 saturated heterocycles. The molecule has 2 atom stereocenters. The van der Waals surface area contributed by atoms with Gasteiger partial charge in [0.2, 0.25) is 0 Å². The lowest BCUT2D eigenvalue weighted by atomic mass is 9.89. The van der Waals surface area contributed by atoms with Gasteiger partial charge in [0.25, 0.3) is 11.5 Å². The number of hydrogen-bond donors (Lipinski definition) is 2. The maximum atomic E-state index is 13.5. The Labute approximate surface area is 217 Å². The van der Waals surface area contributed by atoms with E-state index >= 15 is 0 Å². The van der Waals surface area contributed by atoms with E-state index in [2.05, 4.69) is 32.8 Å². The standard InChI is InChI=1S/C29H38N4O4/c1-18-15-26(36-4)24(28(34)31-18)16-30-29(35)27-20(3)33(25-8-6-5-7-23(25)27)19(2)21-9-12-32(13-10-21)17-22-11-14-37-22/h5-8,15,19,21-22H,9-14,16-17H2,1-4H3,(H,30,35)(H,31,34). The molecule has 0 radical (unpaired) electrons. The summed E-state index contributed by atoms with van der Waals surface area (Å²) in [7, 11) is 1.53. The molecule has 37 heavy (non-hydrogen) atoms. The number of ether oxygens (including phenoxy) is 2. The molecule has 8 heteroatoms. The summed E-state index contributed by atoms with van der Waals surface area (Å²) in [5.74, 6) is 0.834. The number of aromatic amines is 1. The molecule has 0 saturated carbocycles. The van der Waals surface area contributed by atoms with E-state index < -0.39 is 0 Å². The summed E-state index contributed by atoms with van der Waals surface area (Å²) in [5, 5.41) is 3.92. The molecule has 8 nitrogen and oxygen atoms in total. The van der Waals surface area contributed by atoms with Crippen LogP contribution in [0.15, 0.2) is 35.1 Å². The molecule has 1 aromatic carbocycles. The molecule has 2 unspecified atom stereocenters. The number of nitrogens with zero attached hydrogens (tertiary/aromatic N) is 2. The molecular formula is C29H38N4O4. The van der Waals surface area contributed by atoms with Gasteiger partial charge in [-0.05, 0) is 71.2 Å². The molecule has 0 aliphatic carbocycles. The molecule has 2 aliphatic heterocycles. The monoisotopic (exact) mass is 506 g/mol. The number of likely N-dealkylation sites (tertiary alicyclic amines) is 1. The Morgan fingerprint density at radius 1 is 1.22 bits per heavy atom. The smallest absolute Gasteiger partial charge is 0.256 e. The minimum absolute atomic E-state index is 0.0925. The van der Waals surface area contributed by atoms with Gasteiger partial charge in [-0.25, -0.2) is 0 Å². The maximum Gasteiger partial charge on any atom is 0.256 e. The number of H-pyrrole nitrogens is 1. The average Bonchev–Trinajstić information content (AvgIpc) is 3.16. The summed E-state index contributed by atoms with van der Waals surface area (Å²) in [6.07, 6.45) is 3.87. The first-order valence-corrected chi connectivity index (χ1v) is 13.4. The van der Waals surface area contributed by atoms with Gasteiger partial charge in [-0.1, -0.05) is 18.2 Å². The van der Waals surface area contributed by atoms with Gasteiger partial charge in [0, 0.05) is 41.5 Å². The van der Waals surface area contributed by atoms with Gasteiger partial charge >= 0.3 is 0 Å². The second-order valence-electron chi connectivity index (χ2n) is 10.5. The van der Waals surface area contributed by atoms with Crippen molar-refractivity contribution in [3.63, 3.8) is 0 Å². The molecule has 0 spiro atoms. The van der Waals surface area contributed by atoms with Gasteiger partial charge < -0.3 is 29.2 Å². The SMILES string of the molecule is COc1cc(C)[nH]c(=O)c1CNC(=O)c1c(C)n(C(C)C2CCN(CC3CCO3)CC2)c2ccccc12. The van der Waals surface area contributed by atoms with Crippen LogP contribution in [0.3, 0.4) is 0 Å². The lowest BCUT2D eigenvalue weighted by Gasteiger charge is -2.39. The van der Waals surface area contributed by atoms with Crippen molar-refractivity contribution in [3.8, 4) is 5.75 Å². The number of para-hydroxylation sites is 1. The van der Waals surface area contributed by atoms with E-state index in [1.54, 1.807) is 13.0 Å².